The number of amides is 2. The summed E-state index contributed by atoms with van der Waals surface area (Å²) in [5.41, 5.74) is 1.12. The van der Waals surface area contributed by atoms with E-state index in [1.54, 1.807) is 17.0 Å². The van der Waals surface area contributed by atoms with Crippen LogP contribution in [0.2, 0.25) is 0 Å². The first kappa shape index (κ1) is 17.1. The molecule has 132 valence electrons. The lowest BCUT2D eigenvalue weighted by Crippen LogP contribution is -2.47. The maximum atomic E-state index is 12.5. The predicted octanol–water partition coefficient (Wildman–Crippen LogP) is 2.45. The van der Waals surface area contributed by atoms with Crippen LogP contribution in [-0.4, -0.2) is 59.7 Å². The highest BCUT2D eigenvalue weighted by Crippen LogP contribution is 2.30. The van der Waals surface area contributed by atoms with Crippen LogP contribution in [0.25, 0.3) is 0 Å². The summed E-state index contributed by atoms with van der Waals surface area (Å²) in [7, 11) is 1.86. The minimum absolute atomic E-state index is 0.0135. The van der Waals surface area contributed by atoms with Gasteiger partial charge in [0.15, 0.2) is 0 Å². The van der Waals surface area contributed by atoms with Gasteiger partial charge in [0.2, 0.25) is 0 Å². The van der Waals surface area contributed by atoms with Crippen LogP contribution in [-0.2, 0) is 6.42 Å². The third-order valence-electron chi connectivity index (χ3n) is 5.26. The molecule has 2 fully saturated rings. The maximum absolute atomic E-state index is 12.5. The van der Waals surface area contributed by atoms with E-state index in [-0.39, 0.29) is 23.9 Å². The van der Waals surface area contributed by atoms with Crippen molar-refractivity contribution in [2.24, 2.45) is 5.92 Å². The molecule has 1 aliphatic heterocycles. The van der Waals surface area contributed by atoms with E-state index in [0.29, 0.717) is 0 Å². The second kappa shape index (κ2) is 7.43. The molecule has 0 bridgehead atoms. The summed E-state index contributed by atoms with van der Waals surface area (Å²) in [5, 5.41) is 12.5. The second-order valence-corrected chi connectivity index (χ2v) is 7.47. The number of hydrogen-bond acceptors (Lipinski definition) is 3. The lowest BCUT2D eigenvalue weighted by atomic mass is 10.1. The summed E-state index contributed by atoms with van der Waals surface area (Å²) in [6.07, 6.45) is 4.59. The van der Waals surface area contributed by atoms with E-state index in [1.807, 2.05) is 19.2 Å². The van der Waals surface area contributed by atoms with Crippen molar-refractivity contribution in [2.75, 3.05) is 26.7 Å². The van der Waals surface area contributed by atoms with Crippen LogP contribution >= 0.6 is 0 Å². The number of hydrogen-bond donors (Lipinski definition) is 2. The molecule has 3 rings (SSSR count). The second-order valence-electron chi connectivity index (χ2n) is 7.47. The monoisotopic (exact) mass is 331 g/mol. The fourth-order valence-electron chi connectivity index (χ4n) is 3.37. The Hall–Kier alpha value is -1.75. The summed E-state index contributed by atoms with van der Waals surface area (Å²) in [6, 6.07) is 7.59. The van der Waals surface area contributed by atoms with Crippen LogP contribution in [0, 0.1) is 5.92 Å². The Bertz CT molecular complexity index is 556. The van der Waals surface area contributed by atoms with Crippen LogP contribution < -0.4 is 5.32 Å². The van der Waals surface area contributed by atoms with Crippen molar-refractivity contribution in [1.29, 1.82) is 0 Å². The van der Waals surface area contributed by atoms with Gasteiger partial charge in [-0.3, -0.25) is 0 Å². The van der Waals surface area contributed by atoms with Crippen LogP contribution in [0.3, 0.4) is 0 Å². The molecule has 0 aromatic heterocycles. The molecule has 24 heavy (non-hydrogen) atoms. The Labute approximate surface area is 144 Å². The Morgan fingerprint density at radius 2 is 2.04 bits per heavy atom. The zero-order valence-electron chi connectivity index (χ0n) is 14.7. The number of carbonyl (C=O) groups excluding carboxylic acids is 1. The molecular formula is C19H29N3O2. The predicted molar refractivity (Wildman–Crippen MR) is 95.1 cm³/mol. The number of likely N-dealkylation sites (tertiary alicyclic amines) is 1. The number of phenolic OH excluding ortho intramolecular Hbond substituents is 1. The van der Waals surface area contributed by atoms with Crippen molar-refractivity contribution in [2.45, 2.75) is 44.7 Å². The van der Waals surface area contributed by atoms with E-state index in [9.17, 15) is 9.90 Å². The van der Waals surface area contributed by atoms with Gasteiger partial charge in [0.1, 0.15) is 5.75 Å². The first-order valence-electron chi connectivity index (χ1n) is 9.05. The van der Waals surface area contributed by atoms with Crippen molar-refractivity contribution < 1.29 is 9.90 Å². The molecule has 2 N–H and O–H groups in total. The number of aromatic hydroxyl groups is 1. The lowest BCUT2D eigenvalue weighted by Gasteiger charge is -2.27. The normalized spacial score (nSPS) is 22.3. The lowest BCUT2D eigenvalue weighted by molar-refractivity contribution is 0.189. The topological polar surface area (TPSA) is 55.8 Å². The number of benzene rings is 1. The van der Waals surface area contributed by atoms with Crippen molar-refractivity contribution in [1.82, 2.24) is 15.1 Å². The number of rotatable bonds is 6. The van der Waals surface area contributed by atoms with E-state index in [2.05, 4.69) is 17.1 Å². The largest absolute Gasteiger partial charge is 0.508 e. The minimum Gasteiger partial charge on any atom is -0.508 e. The molecule has 0 unspecified atom stereocenters. The summed E-state index contributed by atoms with van der Waals surface area (Å²) in [5.74, 6) is 1.18. The average molecular weight is 331 g/mol. The van der Waals surface area contributed by atoms with E-state index >= 15 is 0 Å². The highest BCUT2D eigenvalue weighted by atomic mass is 16.3. The smallest absolute Gasteiger partial charge is 0.317 e. The first-order chi connectivity index (χ1) is 11.5. The van der Waals surface area contributed by atoms with Gasteiger partial charge in [0.25, 0.3) is 0 Å². The molecule has 2 aliphatic rings. The number of urea groups is 1. The molecule has 1 aromatic rings. The standard InChI is InChI=1S/C19H29N3O2/c1-14(11-15-5-7-18(23)8-6-15)21(2)19(24)20-17-9-10-22(13-17)12-16-3-4-16/h5-8,14,16-17,23H,3-4,9-13H2,1-2H3,(H,20,24)/t14-,17+/m1/s1. The minimum atomic E-state index is 0.0135. The Kier molecular flexibility index (Phi) is 5.29. The van der Waals surface area contributed by atoms with Gasteiger partial charge in [-0.15, -0.1) is 0 Å². The third-order valence-corrected chi connectivity index (χ3v) is 5.26. The van der Waals surface area contributed by atoms with Gasteiger partial charge in [-0.25, -0.2) is 4.79 Å². The van der Waals surface area contributed by atoms with E-state index < -0.39 is 0 Å². The number of nitrogens with zero attached hydrogens (tertiary/aromatic N) is 2. The molecular weight excluding hydrogens is 302 g/mol. The van der Waals surface area contributed by atoms with Gasteiger partial charge in [-0.05, 0) is 56.2 Å². The molecule has 2 atom stereocenters. The molecule has 5 nitrogen and oxygen atoms in total. The first-order valence-corrected chi connectivity index (χ1v) is 9.05. The Morgan fingerprint density at radius 3 is 2.71 bits per heavy atom. The average Bonchev–Trinajstić information content (AvgIpc) is 3.27. The molecule has 1 aliphatic carbocycles. The van der Waals surface area contributed by atoms with Crippen LogP contribution in [0.15, 0.2) is 24.3 Å². The molecule has 1 heterocycles. The highest BCUT2D eigenvalue weighted by molar-refractivity contribution is 5.74. The van der Waals surface area contributed by atoms with E-state index in [4.69, 9.17) is 0 Å². The van der Waals surface area contributed by atoms with E-state index in [0.717, 1.165) is 37.4 Å². The number of phenols is 1. The fourth-order valence-corrected chi connectivity index (χ4v) is 3.37. The Morgan fingerprint density at radius 1 is 1.33 bits per heavy atom. The molecule has 0 spiro atoms. The van der Waals surface area contributed by atoms with Gasteiger partial charge >= 0.3 is 6.03 Å². The van der Waals surface area contributed by atoms with Crippen LogP contribution in [0.5, 0.6) is 5.75 Å². The molecule has 1 saturated heterocycles. The molecule has 5 heteroatoms. The Balaban J connectivity index is 1.44. The van der Waals surface area contributed by atoms with Crippen LogP contribution in [0.1, 0.15) is 31.7 Å². The van der Waals surface area contributed by atoms with Gasteiger partial charge in [-0.1, -0.05) is 12.1 Å². The number of carbonyl (C=O) groups is 1. The third kappa shape index (κ3) is 4.63. The van der Waals surface area contributed by atoms with Crippen molar-refractivity contribution in [3.05, 3.63) is 29.8 Å². The zero-order valence-corrected chi connectivity index (χ0v) is 14.7. The van der Waals surface area contributed by atoms with Gasteiger partial charge in [-0.2, -0.15) is 0 Å². The number of nitrogens with one attached hydrogen (secondary N) is 1. The summed E-state index contributed by atoms with van der Waals surface area (Å²) in [6.45, 7) is 5.36. The van der Waals surface area contributed by atoms with E-state index in [1.165, 1.54) is 19.4 Å². The SMILES string of the molecule is C[C@H](Cc1ccc(O)cc1)N(C)C(=O)N[C@H]1CCN(CC2CC2)C1. The van der Waals surface area contributed by atoms with Crippen molar-refractivity contribution >= 4 is 6.03 Å². The van der Waals surface area contributed by atoms with Gasteiger partial charge in [0, 0.05) is 38.8 Å². The van der Waals surface area contributed by atoms with Crippen LogP contribution in [0.4, 0.5) is 4.79 Å². The van der Waals surface area contributed by atoms with Crippen molar-refractivity contribution in [3.63, 3.8) is 0 Å². The van der Waals surface area contributed by atoms with Gasteiger partial charge in [0.05, 0.1) is 0 Å². The maximum Gasteiger partial charge on any atom is 0.317 e. The molecule has 1 aromatic carbocycles. The fraction of sp³-hybridized carbons (Fsp3) is 0.632. The number of likely N-dealkylation sites (N-methyl/N-ethyl adjacent to an activating group) is 1. The summed E-state index contributed by atoms with van der Waals surface area (Å²) in [4.78, 5) is 16.8. The van der Waals surface area contributed by atoms with Crippen molar-refractivity contribution in [3.8, 4) is 5.75 Å². The zero-order chi connectivity index (χ0) is 17.1. The van der Waals surface area contributed by atoms with Gasteiger partial charge < -0.3 is 20.2 Å². The quantitative estimate of drug-likeness (QED) is 0.842. The molecule has 1 saturated carbocycles. The summed E-state index contributed by atoms with van der Waals surface area (Å²) < 4.78 is 0. The highest BCUT2D eigenvalue weighted by Gasteiger charge is 2.30. The molecule has 0 radical (unpaired) electrons. The summed E-state index contributed by atoms with van der Waals surface area (Å²) >= 11 is 0. The molecule has 2 amide bonds.